The summed E-state index contributed by atoms with van der Waals surface area (Å²) in [5.74, 6) is -1.26. The minimum absolute atomic E-state index is 0.0584. The molecule has 0 atom stereocenters. The summed E-state index contributed by atoms with van der Waals surface area (Å²) in [5.41, 5.74) is 11.3. The first kappa shape index (κ1) is 14.4. The number of thiophene rings is 2. The molecule has 106 valence electrons. The predicted octanol–water partition coefficient (Wildman–Crippen LogP) is 1.89. The molecule has 0 bridgehead atoms. The summed E-state index contributed by atoms with van der Waals surface area (Å²) in [5, 5.41) is 5.52. The van der Waals surface area contributed by atoms with E-state index in [0.29, 0.717) is 11.5 Å². The summed E-state index contributed by atoms with van der Waals surface area (Å²) in [6, 6.07) is 3.89. The molecule has 1 amide bonds. The lowest BCUT2D eigenvalue weighted by Crippen LogP contribution is -2.12. The number of methoxy groups -OCH3 is 1. The van der Waals surface area contributed by atoms with Crippen molar-refractivity contribution in [2.45, 2.75) is 6.54 Å². The fraction of sp³-hybridized carbons (Fsp3) is 0.167. The van der Waals surface area contributed by atoms with Crippen LogP contribution >= 0.6 is 22.7 Å². The van der Waals surface area contributed by atoms with E-state index in [1.165, 1.54) is 7.11 Å². The molecule has 0 aromatic carbocycles. The van der Waals surface area contributed by atoms with E-state index in [4.69, 9.17) is 11.5 Å². The Labute approximate surface area is 123 Å². The third-order valence-electron chi connectivity index (χ3n) is 2.56. The molecule has 8 heteroatoms. The van der Waals surface area contributed by atoms with E-state index in [-0.39, 0.29) is 16.1 Å². The lowest BCUT2D eigenvalue weighted by atomic mass is 10.2. The van der Waals surface area contributed by atoms with Crippen molar-refractivity contribution in [2.75, 3.05) is 18.2 Å². The van der Waals surface area contributed by atoms with E-state index in [0.717, 1.165) is 16.2 Å². The van der Waals surface area contributed by atoms with Crippen molar-refractivity contribution in [1.82, 2.24) is 0 Å². The van der Waals surface area contributed by atoms with E-state index in [2.05, 4.69) is 10.1 Å². The summed E-state index contributed by atoms with van der Waals surface area (Å²) in [6.07, 6.45) is 0. The van der Waals surface area contributed by atoms with Gasteiger partial charge in [0, 0.05) is 4.88 Å². The van der Waals surface area contributed by atoms with Crippen LogP contribution in [0.15, 0.2) is 17.5 Å². The molecule has 0 saturated heterocycles. The molecule has 20 heavy (non-hydrogen) atoms. The Morgan fingerprint density at radius 2 is 2.20 bits per heavy atom. The van der Waals surface area contributed by atoms with Crippen LogP contribution < -0.4 is 16.8 Å². The van der Waals surface area contributed by atoms with Crippen molar-refractivity contribution < 1.29 is 14.3 Å². The fourth-order valence-electron chi connectivity index (χ4n) is 1.64. The highest BCUT2D eigenvalue weighted by molar-refractivity contribution is 7.19. The van der Waals surface area contributed by atoms with Gasteiger partial charge in [-0.3, -0.25) is 4.79 Å². The number of esters is 1. The highest BCUT2D eigenvalue weighted by Gasteiger charge is 2.25. The first-order valence-electron chi connectivity index (χ1n) is 5.61. The molecule has 5 N–H and O–H groups in total. The predicted molar refractivity (Wildman–Crippen MR) is 80.2 cm³/mol. The molecule has 2 aromatic rings. The topological polar surface area (TPSA) is 107 Å². The van der Waals surface area contributed by atoms with Crippen LogP contribution in [0.25, 0.3) is 0 Å². The second kappa shape index (κ2) is 5.93. The quantitative estimate of drug-likeness (QED) is 0.731. The van der Waals surface area contributed by atoms with Gasteiger partial charge in [-0.2, -0.15) is 0 Å². The summed E-state index contributed by atoms with van der Waals surface area (Å²) >= 11 is 2.64. The molecule has 2 heterocycles. The van der Waals surface area contributed by atoms with E-state index < -0.39 is 11.9 Å². The minimum atomic E-state index is -0.665. The van der Waals surface area contributed by atoms with E-state index in [1.54, 1.807) is 11.3 Å². The third kappa shape index (κ3) is 2.75. The lowest BCUT2D eigenvalue weighted by Gasteiger charge is -2.05. The molecule has 0 aliphatic heterocycles. The molecule has 0 unspecified atom stereocenters. The Balaban J connectivity index is 2.32. The van der Waals surface area contributed by atoms with Crippen LogP contribution in [0.1, 0.15) is 24.9 Å². The zero-order valence-corrected chi connectivity index (χ0v) is 12.3. The SMILES string of the molecule is COC(=O)c1c(NCc2cccs2)sc(C(N)=O)c1N. The molecule has 0 saturated carbocycles. The standard InChI is InChI=1S/C12H13N3O3S2/c1-18-12(17)7-8(13)9(10(14)16)20-11(7)15-5-6-3-2-4-19-6/h2-4,15H,5,13H2,1H3,(H2,14,16). The number of amides is 1. The van der Waals surface area contributed by atoms with Crippen molar-refractivity contribution in [1.29, 1.82) is 0 Å². The Morgan fingerprint density at radius 3 is 2.75 bits per heavy atom. The third-order valence-corrected chi connectivity index (χ3v) is 4.62. The van der Waals surface area contributed by atoms with Gasteiger partial charge in [-0.25, -0.2) is 4.79 Å². The number of rotatable bonds is 5. The van der Waals surface area contributed by atoms with Gasteiger partial charge in [-0.05, 0) is 11.4 Å². The van der Waals surface area contributed by atoms with Crippen LogP contribution in [-0.4, -0.2) is 19.0 Å². The largest absolute Gasteiger partial charge is 0.465 e. The van der Waals surface area contributed by atoms with Crippen molar-refractivity contribution in [3.05, 3.63) is 32.8 Å². The number of ether oxygens (including phenoxy) is 1. The highest BCUT2D eigenvalue weighted by atomic mass is 32.1. The highest BCUT2D eigenvalue weighted by Crippen LogP contribution is 2.36. The smallest absolute Gasteiger partial charge is 0.343 e. The van der Waals surface area contributed by atoms with Crippen LogP contribution in [-0.2, 0) is 11.3 Å². The van der Waals surface area contributed by atoms with Crippen molar-refractivity contribution in [3.63, 3.8) is 0 Å². The number of carbonyl (C=O) groups excluding carboxylic acids is 2. The van der Waals surface area contributed by atoms with E-state index in [9.17, 15) is 9.59 Å². The maximum Gasteiger partial charge on any atom is 0.343 e. The van der Waals surface area contributed by atoms with Gasteiger partial charge in [-0.15, -0.1) is 22.7 Å². The monoisotopic (exact) mass is 311 g/mol. The van der Waals surface area contributed by atoms with Gasteiger partial charge in [0.25, 0.3) is 5.91 Å². The Bertz CT molecular complexity index is 635. The number of nitrogens with two attached hydrogens (primary N) is 2. The van der Waals surface area contributed by atoms with Crippen molar-refractivity contribution >= 4 is 45.2 Å². The molecular weight excluding hydrogens is 298 g/mol. The van der Waals surface area contributed by atoms with Gasteiger partial charge in [-0.1, -0.05) is 6.07 Å². The first-order chi connectivity index (χ1) is 9.54. The first-order valence-corrected chi connectivity index (χ1v) is 7.30. The van der Waals surface area contributed by atoms with Crippen LogP contribution in [0, 0.1) is 0 Å². The summed E-state index contributed by atoms with van der Waals surface area (Å²) in [4.78, 5) is 24.3. The van der Waals surface area contributed by atoms with Crippen molar-refractivity contribution in [3.8, 4) is 0 Å². The number of carbonyl (C=O) groups is 2. The summed E-state index contributed by atoms with van der Waals surface area (Å²) in [7, 11) is 1.26. The lowest BCUT2D eigenvalue weighted by molar-refractivity contribution is 0.0603. The molecule has 0 aliphatic carbocycles. The molecule has 2 rings (SSSR count). The summed E-state index contributed by atoms with van der Waals surface area (Å²) < 4.78 is 4.69. The Morgan fingerprint density at radius 1 is 1.45 bits per heavy atom. The Kier molecular flexibility index (Phi) is 4.26. The second-order valence-electron chi connectivity index (χ2n) is 3.84. The van der Waals surface area contributed by atoms with Crippen LogP contribution in [0.4, 0.5) is 10.7 Å². The second-order valence-corrected chi connectivity index (χ2v) is 5.89. The molecule has 0 fully saturated rings. The average Bonchev–Trinajstić information content (AvgIpc) is 3.03. The van der Waals surface area contributed by atoms with Gasteiger partial charge in [0.15, 0.2) is 0 Å². The molecule has 0 spiro atoms. The maximum absolute atomic E-state index is 11.8. The zero-order valence-electron chi connectivity index (χ0n) is 10.6. The number of hydrogen-bond acceptors (Lipinski definition) is 7. The molecule has 6 nitrogen and oxygen atoms in total. The van der Waals surface area contributed by atoms with Gasteiger partial charge in [0.1, 0.15) is 15.4 Å². The van der Waals surface area contributed by atoms with Crippen LogP contribution in [0.5, 0.6) is 0 Å². The normalized spacial score (nSPS) is 10.2. The maximum atomic E-state index is 11.8. The molecule has 2 aromatic heterocycles. The number of anilines is 2. The zero-order chi connectivity index (χ0) is 14.7. The van der Waals surface area contributed by atoms with Gasteiger partial charge < -0.3 is 21.5 Å². The molecular formula is C12H13N3O3S2. The summed E-state index contributed by atoms with van der Waals surface area (Å²) in [6.45, 7) is 0.528. The van der Waals surface area contributed by atoms with Gasteiger partial charge >= 0.3 is 5.97 Å². The number of hydrogen-bond donors (Lipinski definition) is 3. The minimum Gasteiger partial charge on any atom is -0.465 e. The van der Waals surface area contributed by atoms with Crippen LogP contribution in [0.3, 0.4) is 0 Å². The van der Waals surface area contributed by atoms with Crippen LogP contribution in [0.2, 0.25) is 0 Å². The number of nitrogen functional groups attached to an aromatic ring is 1. The van der Waals surface area contributed by atoms with E-state index >= 15 is 0 Å². The van der Waals surface area contributed by atoms with E-state index in [1.807, 2.05) is 17.5 Å². The molecule has 0 radical (unpaired) electrons. The fourth-order valence-corrected chi connectivity index (χ4v) is 3.24. The van der Waals surface area contributed by atoms with Crippen molar-refractivity contribution in [2.24, 2.45) is 5.73 Å². The number of primary amides is 1. The van der Waals surface area contributed by atoms with Gasteiger partial charge in [0.2, 0.25) is 0 Å². The number of nitrogens with one attached hydrogen (secondary N) is 1. The average molecular weight is 311 g/mol. The van der Waals surface area contributed by atoms with Gasteiger partial charge in [0.05, 0.1) is 19.3 Å². The Hall–Kier alpha value is -2.06. The molecule has 0 aliphatic rings.